The lowest BCUT2D eigenvalue weighted by Gasteiger charge is -2.47. The molecule has 3 aromatic carbocycles. The largest absolute Gasteiger partial charge is 0.489 e. The van der Waals surface area contributed by atoms with Gasteiger partial charge in [0.1, 0.15) is 30.0 Å². The summed E-state index contributed by atoms with van der Waals surface area (Å²) >= 11 is 5.12. The van der Waals surface area contributed by atoms with Crippen molar-refractivity contribution in [2.24, 2.45) is 5.92 Å². The van der Waals surface area contributed by atoms with Crippen LogP contribution < -0.4 is 9.64 Å². The van der Waals surface area contributed by atoms with Gasteiger partial charge in [0.15, 0.2) is 0 Å². The molecule has 0 bridgehead atoms. The molecule has 2 unspecified atom stereocenters. The molecule has 0 saturated carbocycles. The number of hydrogen-bond donors (Lipinski definition) is 0. The molecular formula is C25H21ClFNO4. The first-order chi connectivity index (χ1) is 15.6. The number of rotatable bonds is 8. The molecule has 32 heavy (non-hydrogen) atoms. The van der Waals surface area contributed by atoms with E-state index in [0.717, 1.165) is 11.1 Å². The van der Waals surface area contributed by atoms with Crippen LogP contribution in [0.4, 0.5) is 10.1 Å². The van der Waals surface area contributed by atoms with Crippen molar-refractivity contribution in [3.63, 3.8) is 0 Å². The Bertz CT molecular complexity index is 1070. The third kappa shape index (κ3) is 4.75. The van der Waals surface area contributed by atoms with E-state index < -0.39 is 11.9 Å². The Morgan fingerprint density at radius 2 is 1.66 bits per heavy atom. The van der Waals surface area contributed by atoms with Crippen molar-refractivity contribution in [1.82, 2.24) is 0 Å². The number of nitrogens with zero attached hydrogens (tertiary/aromatic N) is 1. The summed E-state index contributed by atoms with van der Waals surface area (Å²) in [6.45, 7) is 0.451. The van der Waals surface area contributed by atoms with Crippen LogP contribution in [0.3, 0.4) is 0 Å². The van der Waals surface area contributed by atoms with E-state index >= 15 is 0 Å². The van der Waals surface area contributed by atoms with Crippen LogP contribution in [-0.4, -0.2) is 11.9 Å². The van der Waals surface area contributed by atoms with Crippen molar-refractivity contribution in [2.75, 3.05) is 4.90 Å². The fourth-order valence-corrected chi connectivity index (χ4v) is 3.99. The van der Waals surface area contributed by atoms with E-state index in [4.69, 9.17) is 16.6 Å². The van der Waals surface area contributed by atoms with E-state index in [9.17, 15) is 14.0 Å². The Balaban J connectivity index is 1.52. The van der Waals surface area contributed by atoms with Crippen molar-refractivity contribution >= 4 is 29.4 Å². The second kappa shape index (κ2) is 9.83. The molecule has 0 spiro atoms. The maximum Gasteiger partial charge on any atom is 0.324 e. The first kappa shape index (κ1) is 21.8. The van der Waals surface area contributed by atoms with Gasteiger partial charge in [-0.3, -0.25) is 9.59 Å². The number of halogens is 2. The predicted molar refractivity (Wildman–Crippen MR) is 119 cm³/mol. The van der Waals surface area contributed by atoms with E-state index in [2.05, 4.69) is 4.29 Å². The van der Waals surface area contributed by atoms with Gasteiger partial charge in [0.25, 0.3) is 0 Å². The summed E-state index contributed by atoms with van der Waals surface area (Å²) in [5.74, 6) is -0.790. The first-order valence-corrected chi connectivity index (χ1v) is 10.5. The quantitative estimate of drug-likeness (QED) is 0.417. The number of hydrogen-bond acceptors (Lipinski definition) is 4. The molecule has 7 heteroatoms. The van der Waals surface area contributed by atoms with Crippen LogP contribution in [0.1, 0.15) is 30.0 Å². The van der Waals surface area contributed by atoms with E-state index in [1.807, 2.05) is 54.6 Å². The van der Waals surface area contributed by atoms with Crippen LogP contribution >= 0.6 is 11.9 Å². The highest BCUT2D eigenvalue weighted by Gasteiger charge is 2.48. The summed E-state index contributed by atoms with van der Waals surface area (Å²) in [6, 6.07) is 22.9. The molecule has 5 nitrogen and oxygen atoms in total. The molecule has 0 aliphatic carbocycles. The molecule has 164 valence electrons. The molecule has 1 saturated heterocycles. The van der Waals surface area contributed by atoms with Crippen LogP contribution in [0.5, 0.6) is 5.75 Å². The van der Waals surface area contributed by atoms with Gasteiger partial charge >= 0.3 is 5.97 Å². The lowest BCUT2D eigenvalue weighted by molar-refractivity contribution is -0.135. The van der Waals surface area contributed by atoms with Gasteiger partial charge in [-0.1, -0.05) is 42.5 Å². The Labute approximate surface area is 190 Å². The summed E-state index contributed by atoms with van der Waals surface area (Å²) in [6.07, 6.45) is 0.338. The topological polar surface area (TPSA) is 55.8 Å². The van der Waals surface area contributed by atoms with E-state index in [1.165, 1.54) is 12.1 Å². The van der Waals surface area contributed by atoms with Crippen molar-refractivity contribution in [2.45, 2.75) is 25.5 Å². The van der Waals surface area contributed by atoms with Gasteiger partial charge in [0.2, 0.25) is 5.91 Å². The highest BCUT2D eigenvalue weighted by molar-refractivity contribution is 6.13. The minimum Gasteiger partial charge on any atom is -0.489 e. The molecule has 0 N–H and O–H groups in total. The number of amides is 1. The third-order valence-electron chi connectivity index (χ3n) is 5.53. The minimum atomic E-state index is -0.580. The van der Waals surface area contributed by atoms with E-state index in [1.54, 1.807) is 17.0 Å². The number of anilines is 1. The molecule has 3 aromatic rings. The predicted octanol–water partition coefficient (Wildman–Crippen LogP) is 5.59. The maximum absolute atomic E-state index is 13.4. The monoisotopic (exact) mass is 453 g/mol. The van der Waals surface area contributed by atoms with Crippen LogP contribution in [-0.2, 0) is 20.5 Å². The van der Waals surface area contributed by atoms with Gasteiger partial charge in [0.05, 0.1) is 12.0 Å². The SMILES string of the molecule is O=C(CCC1C(=O)N(c2ccc(F)cc2)C1c1ccc(OCc2ccccc2)cc1)OCl. The van der Waals surface area contributed by atoms with Crippen molar-refractivity contribution in [3.8, 4) is 5.75 Å². The summed E-state index contributed by atoms with van der Waals surface area (Å²) < 4.78 is 23.4. The smallest absolute Gasteiger partial charge is 0.324 e. The van der Waals surface area contributed by atoms with Crippen LogP contribution in [0, 0.1) is 11.7 Å². The van der Waals surface area contributed by atoms with Gasteiger partial charge in [-0.25, -0.2) is 4.39 Å². The van der Waals surface area contributed by atoms with Crippen LogP contribution in [0.2, 0.25) is 0 Å². The molecule has 1 aliphatic heterocycles. The highest BCUT2D eigenvalue weighted by atomic mass is 35.5. The average molecular weight is 454 g/mol. The van der Waals surface area contributed by atoms with Gasteiger partial charge in [-0.15, -0.1) is 0 Å². The zero-order valence-electron chi connectivity index (χ0n) is 17.1. The zero-order valence-corrected chi connectivity index (χ0v) is 17.9. The number of β-lactam (4-membered cyclic amide) rings is 1. The molecule has 1 aliphatic rings. The van der Waals surface area contributed by atoms with Gasteiger partial charge in [0, 0.05) is 12.1 Å². The minimum absolute atomic E-state index is 0.0337. The Morgan fingerprint density at radius 1 is 0.969 bits per heavy atom. The summed E-state index contributed by atoms with van der Waals surface area (Å²) in [7, 11) is 0. The van der Waals surface area contributed by atoms with Crippen LogP contribution in [0.25, 0.3) is 0 Å². The van der Waals surface area contributed by atoms with E-state index in [0.29, 0.717) is 24.5 Å². The standard InChI is InChI=1S/C25H21ClFNO4/c26-32-23(29)15-14-22-24(28(25(22)30)20-10-8-19(27)9-11-20)18-6-12-21(13-7-18)31-16-17-4-2-1-3-5-17/h1-13,22,24H,14-16H2. The summed E-state index contributed by atoms with van der Waals surface area (Å²) in [4.78, 5) is 26.0. The van der Waals surface area contributed by atoms with Crippen molar-refractivity contribution < 1.29 is 23.0 Å². The second-order valence-corrected chi connectivity index (χ2v) is 7.72. The van der Waals surface area contributed by atoms with Crippen molar-refractivity contribution in [3.05, 3.63) is 95.8 Å². The molecule has 1 fully saturated rings. The van der Waals surface area contributed by atoms with Crippen LogP contribution in [0.15, 0.2) is 78.9 Å². The number of carbonyl (C=O) groups is 2. The normalized spacial score (nSPS) is 17.6. The fourth-order valence-electron chi connectivity index (χ4n) is 3.91. The maximum atomic E-state index is 13.4. The fraction of sp³-hybridized carbons (Fsp3) is 0.200. The molecule has 0 radical (unpaired) electrons. The number of carbonyl (C=O) groups excluding carboxylic acids is 2. The Hall–Kier alpha value is -3.38. The molecule has 1 amide bonds. The molecule has 0 aromatic heterocycles. The number of ether oxygens (including phenoxy) is 1. The Morgan fingerprint density at radius 3 is 2.31 bits per heavy atom. The van der Waals surface area contributed by atoms with Gasteiger partial charge in [-0.2, -0.15) is 0 Å². The lowest BCUT2D eigenvalue weighted by atomic mass is 9.79. The third-order valence-corrected chi connectivity index (χ3v) is 5.71. The summed E-state index contributed by atoms with van der Waals surface area (Å²) in [5.41, 5.74) is 2.56. The second-order valence-electron chi connectivity index (χ2n) is 7.57. The summed E-state index contributed by atoms with van der Waals surface area (Å²) in [5, 5.41) is 0. The van der Waals surface area contributed by atoms with Crippen molar-refractivity contribution in [1.29, 1.82) is 0 Å². The first-order valence-electron chi connectivity index (χ1n) is 10.2. The highest BCUT2D eigenvalue weighted by Crippen LogP contribution is 2.45. The van der Waals surface area contributed by atoms with Gasteiger partial charge in [-0.05, 0) is 53.9 Å². The average Bonchev–Trinajstić information content (AvgIpc) is 2.83. The molecule has 2 atom stereocenters. The Kier molecular flexibility index (Phi) is 6.71. The molecule has 1 heterocycles. The van der Waals surface area contributed by atoms with Gasteiger partial charge < -0.3 is 13.9 Å². The zero-order chi connectivity index (χ0) is 22.5. The number of benzene rings is 3. The molecule has 4 rings (SSSR count). The lowest BCUT2D eigenvalue weighted by Crippen LogP contribution is -2.55. The molecular weight excluding hydrogens is 433 g/mol. The van der Waals surface area contributed by atoms with E-state index in [-0.39, 0.29) is 24.2 Å².